The van der Waals surface area contributed by atoms with E-state index >= 15 is 0 Å². The Morgan fingerprint density at radius 3 is 1.98 bits per heavy atom. The lowest BCUT2D eigenvalue weighted by Gasteiger charge is -2.44. The van der Waals surface area contributed by atoms with Crippen molar-refractivity contribution >= 4 is 23.9 Å². The SMILES string of the molecule is COC(=O)[C@@H](C)[C@H](c1ccc2c(c1)OC(C1[C@@H]3CC(C(=O)C4[C@@H]5CC[C@@H]4CN(C(=O)OC(C)(C)C)C5)[C@@H]1CN(C(=O)OC(C)(C)C)C3)CC2O)C1CC1. The highest BCUT2D eigenvalue weighted by Crippen LogP contribution is 2.55. The molecule has 0 spiro atoms. The van der Waals surface area contributed by atoms with Gasteiger partial charge in [-0.25, -0.2) is 9.59 Å². The Morgan fingerprint density at radius 1 is 0.830 bits per heavy atom. The van der Waals surface area contributed by atoms with E-state index in [4.69, 9.17) is 18.9 Å². The highest BCUT2D eigenvalue weighted by atomic mass is 16.6. The van der Waals surface area contributed by atoms with Gasteiger partial charge in [0.2, 0.25) is 0 Å². The van der Waals surface area contributed by atoms with Crippen molar-refractivity contribution in [2.24, 2.45) is 53.3 Å². The molecule has 292 valence electrons. The van der Waals surface area contributed by atoms with Crippen molar-refractivity contribution in [1.29, 1.82) is 0 Å². The van der Waals surface area contributed by atoms with Gasteiger partial charge in [0.05, 0.1) is 19.1 Å². The number of amides is 2. The van der Waals surface area contributed by atoms with Gasteiger partial charge in [-0.05, 0) is 121 Å². The van der Waals surface area contributed by atoms with Crippen LogP contribution in [-0.2, 0) is 23.8 Å². The smallest absolute Gasteiger partial charge is 0.410 e. The molecular weight excluding hydrogens is 676 g/mol. The number of rotatable bonds is 7. The molecule has 0 aromatic heterocycles. The number of aliphatic hydroxyl groups is 1. The lowest BCUT2D eigenvalue weighted by atomic mass is 9.72. The van der Waals surface area contributed by atoms with E-state index in [1.807, 2.05) is 66.7 Å². The second-order valence-corrected chi connectivity index (χ2v) is 19.0. The van der Waals surface area contributed by atoms with Crippen LogP contribution in [0.1, 0.15) is 110 Å². The monoisotopic (exact) mass is 736 g/mol. The number of carbonyl (C=O) groups excluding carboxylic acids is 4. The van der Waals surface area contributed by atoms with Crippen molar-refractivity contribution in [2.75, 3.05) is 33.3 Å². The first-order valence-electron chi connectivity index (χ1n) is 20.0. The van der Waals surface area contributed by atoms with Crippen molar-refractivity contribution in [3.8, 4) is 5.75 Å². The molecule has 3 saturated carbocycles. The molecule has 4 unspecified atom stereocenters. The minimum atomic E-state index is -0.735. The maximum absolute atomic E-state index is 14.8. The van der Waals surface area contributed by atoms with E-state index in [0.29, 0.717) is 50.7 Å². The summed E-state index contributed by atoms with van der Waals surface area (Å²) < 4.78 is 23.5. The van der Waals surface area contributed by atoms with Crippen LogP contribution in [0, 0.1) is 53.3 Å². The van der Waals surface area contributed by atoms with E-state index in [1.165, 1.54) is 7.11 Å². The Balaban J connectivity index is 1.14. The Hall–Kier alpha value is -3.34. The van der Waals surface area contributed by atoms with Gasteiger partial charge in [0.15, 0.2) is 0 Å². The molecule has 5 fully saturated rings. The van der Waals surface area contributed by atoms with E-state index in [-0.39, 0.29) is 83.3 Å². The predicted molar refractivity (Wildman–Crippen MR) is 196 cm³/mol. The number of hydrogen-bond acceptors (Lipinski definition) is 9. The fourth-order valence-electron chi connectivity index (χ4n) is 10.8. The molecule has 4 bridgehead atoms. The van der Waals surface area contributed by atoms with Gasteiger partial charge in [0.25, 0.3) is 0 Å². The van der Waals surface area contributed by atoms with Gasteiger partial charge in [0, 0.05) is 55.9 Å². The molecule has 3 aliphatic heterocycles. The van der Waals surface area contributed by atoms with E-state index in [2.05, 4.69) is 0 Å². The summed E-state index contributed by atoms with van der Waals surface area (Å²) in [7, 11) is 1.43. The summed E-state index contributed by atoms with van der Waals surface area (Å²) in [5.74, 6) is 0.337. The summed E-state index contributed by atoms with van der Waals surface area (Å²) in [6, 6.07) is 5.98. The zero-order chi connectivity index (χ0) is 38.1. The highest BCUT2D eigenvalue weighted by Gasteiger charge is 2.59. The summed E-state index contributed by atoms with van der Waals surface area (Å²) >= 11 is 0. The largest absolute Gasteiger partial charge is 0.490 e. The number of benzene rings is 1. The number of carbonyl (C=O) groups is 4. The number of hydrogen-bond donors (Lipinski definition) is 1. The Morgan fingerprint density at radius 2 is 1.42 bits per heavy atom. The molecule has 6 aliphatic rings. The quantitative estimate of drug-likeness (QED) is 0.238. The summed E-state index contributed by atoms with van der Waals surface area (Å²) in [4.78, 5) is 57.6. The lowest BCUT2D eigenvalue weighted by Crippen LogP contribution is -2.53. The molecular formula is C42H60N2O9. The summed E-state index contributed by atoms with van der Waals surface area (Å²) in [6.45, 7) is 15.0. The number of esters is 1. The zero-order valence-corrected chi connectivity index (χ0v) is 32.8. The van der Waals surface area contributed by atoms with Gasteiger partial charge in [-0.3, -0.25) is 9.59 Å². The predicted octanol–water partition coefficient (Wildman–Crippen LogP) is 6.76. The van der Waals surface area contributed by atoms with Crippen molar-refractivity contribution in [3.63, 3.8) is 0 Å². The fraction of sp³-hybridized carbons (Fsp3) is 0.762. The normalized spacial score (nSPS) is 33.3. The first kappa shape index (κ1) is 38.0. The molecule has 0 radical (unpaired) electrons. The van der Waals surface area contributed by atoms with Crippen LogP contribution in [0.25, 0.3) is 0 Å². The minimum absolute atomic E-state index is 0.00113. The maximum atomic E-state index is 14.8. The summed E-state index contributed by atoms with van der Waals surface area (Å²) in [5, 5.41) is 11.6. The molecule has 11 nitrogen and oxygen atoms in total. The van der Waals surface area contributed by atoms with Crippen LogP contribution in [0.15, 0.2) is 18.2 Å². The van der Waals surface area contributed by atoms with Crippen LogP contribution in [0.3, 0.4) is 0 Å². The first-order chi connectivity index (χ1) is 24.9. The van der Waals surface area contributed by atoms with Gasteiger partial charge >= 0.3 is 18.2 Å². The second kappa shape index (κ2) is 14.1. The summed E-state index contributed by atoms with van der Waals surface area (Å²) in [6.07, 6.45) is 3.23. The third-order valence-corrected chi connectivity index (χ3v) is 13.0. The van der Waals surface area contributed by atoms with Gasteiger partial charge in [-0.2, -0.15) is 0 Å². The Bertz CT molecular complexity index is 1580. The molecule has 7 rings (SSSR count). The van der Waals surface area contributed by atoms with E-state index < -0.39 is 17.3 Å². The molecule has 3 heterocycles. The molecule has 1 aromatic carbocycles. The zero-order valence-electron chi connectivity index (χ0n) is 32.8. The average Bonchev–Trinajstić information content (AvgIpc) is 3.83. The van der Waals surface area contributed by atoms with Crippen LogP contribution in [0.5, 0.6) is 5.75 Å². The Kier molecular flexibility index (Phi) is 10.1. The average molecular weight is 737 g/mol. The number of piperidine rings is 2. The number of aliphatic hydroxyl groups excluding tert-OH is 1. The van der Waals surface area contributed by atoms with Crippen LogP contribution in [0.2, 0.25) is 0 Å². The van der Waals surface area contributed by atoms with Crippen LogP contribution in [-0.4, -0.2) is 89.4 Å². The fourth-order valence-corrected chi connectivity index (χ4v) is 10.8. The van der Waals surface area contributed by atoms with E-state index in [1.54, 1.807) is 9.80 Å². The molecule has 53 heavy (non-hydrogen) atoms. The number of nitrogens with zero attached hydrogens (tertiary/aromatic N) is 2. The third-order valence-electron chi connectivity index (χ3n) is 13.0. The van der Waals surface area contributed by atoms with E-state index in [0.717, 1.165) is 36.8 Å². The van der Waals surface area contributed by atoms with Crippen molar-refractivity contribution in [3.05, 3.63) is 29.3 Å². The molecule has 2 amide bonds. The van der Waals surface area contributed by atoms with Gasteiger partial charge < -0.3 is 33.9 Å². The number of ether oxygens (including phenoxy) is 4. The number of fused-ring (bicyclic) bond motifs is 5. The van der Waals surface area contributed by atoms with Gasteiger partial charge in [-0.1, -0.05) is 19.1 Å². The summed E-state index contributed by atoms with van der Waals surface area (Å²) in [5.41, 5.74) is 0.521. The van der Waals surface area contributed by atoms with Crippen molar-refractivity contribution in [2.45, 2.75) is 116 Å². The van der Waals surface area contributed by atoms with Crippen molar-refractivity contribution < 1.29 is 43.2 Å². The van der Waals surface area contributed by atoms with Crippen LogP contribution in [0.4, 0.5) is 9.59 Å². The van der Waals surface area contributed by atoms with Gasteiger partial charge in [0.1, 0.15) is 28.8 Å². The molecule has 3 aliphatic carbocycles. The number of Topliss-reactive ketones (excluding diaryl/α,β-unsaturated/α-hetero) is 1. The highest BCUT2D eigenvalue weighted by molar-refractivity contribution is 5.86. The Labute approximate surface area is 314 Å². The van der Waals surface area contributed by atoms with Crippen LogP contribution < -0.4 is 4.74 Å². The first-order valence-corrected chi connectivity index (χ1v) is 20.0. The van der Waals surface area contributed by atoms with Gasteiger partial charge in [-0.15, -0.1) is 0 Å². The van der Waals surface area contributed by atoms with Crippen LogP contribution >= 0.6 is 0 Å². The van der Waals surface area contributed by atoms with Crippen molar-refractivity contribution in [1.82, 2.24) is 9.80 Å². The molecule has 2 saturated heterocycles. The lowest BCUT2D eigenvalue weighted by molar-refractivity contribution is -0.145. The molecule has 1 aromatic rings. The standard InChI is InChI=1S/C42H60N2O9/c1-22(38(47)50-8)34(23-9-10-23)24-13-14-28-31(45)17-33(51-32(28)16-24)36-27-15-29(30(36)21-44(20-27)40(49)53-42(5,6)7)37(46)35-25-11-12-26(35)19-43(18-25)39(48)52-41(2,3)4/h13-14,16,22-23,25-27,29-31,33-36,45H,9-12,15,17-21H2,1-8H3/t22-,25+,26+,27+,29?,30-,31?,33?,34-,36?/m0/s1. The maximum Gasteiger partial charge on any atom is 0.410 e. The minimum Gasteiger partial charge on any atom is -0.490 e. The molecule has 11 heteroatoms. The molecule has 10 atom stereocenters. The third kappa shape index (κ3) is 7.65. The number of likely N-dealkylation sites (tertiary alicyclic amines) is 2. The molecule has 1 N–H and O–H groups in total. The number of ketones is 1. The van der Waals surface area contributed by atoms with E-state index in [9.17, 15) is 24.3 Å². The topological polar surface area (TPSA) is 132 Å². The number of methoxy groups -OCH3 is 1. The second-order valence-electron chi connectivity index (χ2n) is 19.0.